The fraction of sp³-hybridized carbons (Fsp3) is 0.130. The Morgan fingerprint density at radius 2 is 1.15 bits per heavy atom. The van der Waals surface area contributed by atoms with Crippen LogP contribution in [0.25, 0.3) is 21.5 Å². The van der Waals surface area contributed by atoms with Gasteiger partial charge < -0.3 is 15.1 Å². The third kappa shape index (κ3) is 2.57. The molecule has 0 radical (unpaired) electrons. The number of rotatable bonds is 3. The van der Waals surface area contributed by atoms with Gasteiger partial charge in [0.1, 0.15) is 11.9 Å². The van der Waals surface area contributed by atoms with Crippen molar-refractivity contribution in [3.05, 3.63) is 83.9 Å². The van der Waals surface area contributed by atoms with E-state index in [-0.39, 0.29) is 5.75 Å². The van der Waals surface area contributed by atoms with Gasteiger partial charge in [-0.1, -0.05) is 60.7 Å². The lowest BCUT2D eigenvalue weighted by Gasteiger charge is -2.21. The van der Waals surface area contributed by atoms with Crippen molar-refractivity contribution >= 4 is 27.2 Å². The van der Waals surface area contributed by atoms with Gasteiger partial charge in [0.25, 0.3) is 0 Å². The van der Waals surface area contributed by atoms with E-state index in [1.165, 1.54) is 0 Å². The number of aliphatic hydroxyl groups is 1. The Morgan fingerprint density at radius 1 is 0.654 bits per heavy atom. The fourth-order valence-electron chi connectivity index (χ4n) is 3.65. The van der Waals surface area contributed by atoms with Crippen LogP contribution in [0.15, 0.2) is 72.8 Å². The predicted molar refractivity (Wildman–Crippen MR) is 108 cm³/mol. The third-order valence-corrected chi connectivity index (χ3v) is 4.94. The zero-order valence-electron chi connectivity index (χ0n) is 14.8. The van der Waals surface area contributed by atoms with E-state index in [1.807, 2.05) is 68.7 Å². The van der Waals surface area contributed by atoms with Crippen molar-refractivity contribution in [1.29, 1.82) is 0 Å². The number of benzene rings is 4. The summed E-state index contributed by atoms with van der Waals surface area (Å²) in [6.07, 6.45) is -0.776. The molecular weight excluding hydrogens is 322 g/mol. The number of phenols is 1. The van der Waals surface area contributed by atoms with Gasteiger partial charge in [0, 0.05) is 30.6 Å². The predicted octanol–water partition coefficient (Wildman–Crippen LogP) is 4.85. The van der Waals surface area contributed by atoms with E-state index in [2.05, 4.69) is 11.0 Å². The normalized spacial score (nSPS) is 12.4. The van der Waals surface area contributed by atoms with E-state index in [0.29, 0.717) is 0 Å². The lowest BCUT2D eigenvalue weighted by molar-refractivity contribution is 0.223. The maximum atomic E-state index is 11.2. The van der Waals surface area contributed by atoms with Gasteiger partial charge in [-0.15, -0.1) is 0 Å². The molecule has 0 aliphatic heterocycles. The lowest BCUT2D eigenvalue weighted by atomic mass is 9.91. The van der Waals surface area contributed by atoms with Crippen molar-refractivity contribution in [2.24, 2.45) is 0 Å². The Hall–Kier alpha value is -3.04. The van der Waals surface area contributed by atoms with Gasteiger partial charge in [-0.05, 0) is 34.0 Å². The van der Waals surface area contributed by atoms with Crippen LogP contribution in [-0.2, 0) is 0 Å². The number of hydrogen-bond donors (Lipinski definition) is 2. The smallest absolute Gasteiger partial charge is 0.123 e. The van der Waals surface area contributed by atoms with E-state index >= 15 is 0 Å². The second-order valence-electron chi connectivity index (χ2n) is 6.74. The number of anilines is 1. The first-order chi connectivity index (χ1) is 12.6. The van der Waals surface area contributed by atoms with Crippen molar-refractivity contribution in [1.82, 2.24) is 0 Å². The molecule has 0 fully saturated rings. The summed E-state index contributed by atoms with van der Waals surface area (Å²) < 4.78 is 0. The van der Waals surface area contributed by atoms with Crippen LogP contribution in [0.4, 0.5) is 5.69 Å². The van der Waals surface area contributed by atoms with Gasteiger partial charge in [-0.2, -0.15) is 0 Å². The minimum absolute atomic E-state index is 0.226. The minimum Gasteiger partial charge on any atom is -0.507 e. The van der Waals surface area contributed by atoms with Crippen LogP contribution in [0.5, 0.6) is 5.75 Å². The molecule has 0 aliphatic carbocycles. The zero-order valence-corrected chi connectivity index (χ0v) is 14.8. The first-order valence-corrected chi connectivity index (χ1v) is 8.65. The monoisotopic (exact) mass is 343 g/mol. The Labute approximate surface area is 152 Å². The van der Waals surface area contributed by atoms with E-state index < -0.39 is 6.10 Å². The standard InChI is InChI=1S/C23H21NO2/c1-24(2)21-13-11-19(15-7-3-5-9-17(15)21)23(26)20-12-14-22(25)18-10-6-4-8-16(18)20/h3-14,23,25-26H,1-2H3/t23-/m1/s1. The first-order valence-electron chi connectivity index (χ1n) is 8.65. The van der Waals surface area contributed by atoms with Crippen LogP contribution < -0.4 is 4.90 Å². The first kappa shape index (κ1) is 16.4. The van der Waals surface area contributed by atoms with Crippen molar-refractivity contribution < 1.29 is 10.2 Å². The Morgan fingerprint density at radius 3 is 1.77 bits per heavy atom. The maximum Gasteiger partial charge on any atom is 0.123 e. The summed E-state index contributed by atoms with van der Waals surface area (Å²) in [5.41, 5.74) is 2.77. The summed E-state index contributed by atoms with van der Waals surface area (Å²) in [4.78, 5) is 2.08. The number of aliphatic hydroxyl groups excluding tert-OH is 1. The molecule has 0 heterocycles. The van der Waals surface area contributed by atoms with Gasteiger partial charge >= 0.3 is 0 Å². The van der Waals surface area contributed by atoms with Gasteiger partial charge in [-0.25, -0.2) is 0 Å². The molecule has 3 nitrogen and oxygen atoms in total. The highest BCUT2D eigenvalue weighted by Gasteiger charge is 2.18. The largest absolute Gasteiger partial charge is 0.507 e. The van der Waals surface area contributed by atoms with Gasteiger partial charge in [-0.3, -0.25) is 0 Å². The quantitative estimate of drug-likeness (QED) is 0.559. The zero-order chi connectivity index (χ0) is 18.3. The second kappa shape index (κ2) is 6.36. The molecule has 1 atom stereocenters. The van der Waals surface area contributed by atoms with E-state index in [9.17, 15) is 10.2 Å². The molecule has 0 saturated carbocycles. The summed E-state index contributed by atoms with van der Waals surface area (Å²) in [6, 6.07) is 23.2. The highest BCUT2D eigenvalue weighted by atomic mass is 16.3. The summed E-state index contributed by atoms with van der Waals surface area (Å²) in [5.74, 6) is 0.226. The topological polar surface area (TPSA) is 43.7 Å². The highest BCUT2D eigenvalue weighted by molar-refractivity contribution is 5.98. The Bertz CT molecular complexity index is 1100. The second-order valence-corrected chi connectivity index (χ2v) is 6.74. The van der Waals surface area contributed by atoms with E-state index in [1.54, 1.807) is 12.1 Å². The number of aromatic hydroxyl groups is 1. The molecule has 0 saturated heterocycles. The van der Waals surface area contributed by atoms with Crippen LogP contribution in [0, 0.1) is 0 Å². The third-order valence-electron chi connectivity index (χ3n) is 4.94. The minimum atomic E-state index is -0.776. The van der Waals surface area contributed by atoms with Crippen molar-refractivity contribution in [3.63, 3.8) is 0 Å². The van der Waals surface area contributed by atoms with Crippen LogP contribution in [0.1, 0.15) is 17.2 Å². The van der Waals surface area contributed by atoms with Crippen LogP contribution >= 0.6 is 0 Å². The Balaban J connectivity index is 1.95. The van der Waals surface area contributed by atoms with Crippen molar-refractivity contribution in [2.45, 2.75) is 6.10 Å². The molecule has 2 N–H and O–H groups in total. The molecular formula is C23H21NO2. The van der Waals surface area contributed by atoms with Gasteiger partial charge in [0.15, 0.2) is 0 Å². The SMILES string of the molecule is CN(C)c1ccc([C@@H](O)c2ccc(O)c3ccccc23)c2ccccc12. The molecule has 3 heteroatoms. The number of hydrogen-bond acceptors (Lipinski definition) is 3. The molecule has 0 unspecified atom stereocenters. The molecule has 4 aromatic rings. The fourth-order valence-corrected chi connectivity index (χ4v) is 3.65. The summed E-state index contributed by atoms with van der Waals surface area (Å²) >= 11 is 0. The maximum absolute atomic E-state index is 11.2. The highest BCUT2D eigenvalue weighted by Crippen LogP contribution is 2.37. The molecule has 0 bridgehead atoms. The number of fused-ring (bicyclic) bond motifs is 2. The number of phenolic OH excluding ortho intramolecular Hbond substituents is 1. The molecule has 4 rings (SSSR count). The average molecular weight is 343 g/mol. The average Bonchev–Trinajstić information content (AvgIpc) is 2.67. The van der Waals surface area contributed by atoms with Gasteiger partial charge in [0.05, 0.1) is 0 Å². The molecule has 0 aromatic heterocycles. The molecule has 0 aliphatic rings. The van der Waals surface area contributed by atoms with Crippen LogP contribution in [0.2, 0.25) is 0 Å². The number of nitrogens with zero attached hydrogens (tertiary/aromatic N) is 1. The van der Waals surface area contributed by atoms with E-state index in [0.717, 1.165) is 38.4 Å². The molecule has 0 amide bonds. The molecule has 26 heavy (non-hydrogen) atoms. The van der Waals surface area contributed by atoms with Crippen molar-refractivity contribution in [3.8, 4) is 5.75 Å². The van der Waals surface area contributed by atoms with Gasteiger partial charge in [0.2, 0.25) is 0 Å². The summed E-state index contributed by atoms with van der Waals surface area (Å²) in [7, 11) is 4.04. The molecule has 0 spiro atoms. The van der Waals surface area contributed by atoms with Crippen LogP contribution in [0.3, 0.4) is 0 Å². The van der Waals surface area contributed by atoms with E-state index in [4.69, 9.17) is 0 Å². The summed E-state index contributed by atoms with van der Waals surface area (Å²) in [5, 5.41) is 25.1. The lowest BCUT2D eigenvalue weighted by Crippen LogP contribution is -2.10. The molecule has 4 aromatic carbocycles. The van der Waals surface area contributed by atoms with Crippen molar-refractivity contribution in [2.75, 3.05) is 19.0 Å². The van der Waals surface area contributed by atoms with Crippen LogP contribution in [-0.4, -0.2) is 24.3 Å². The Kier molecular flexibility index (Phi) is 4.02. The molecule has 130 valence electrons. The summed E-state index contributed by atoms with van der Waals surface area (Å²) in [6.45, 7) is 0.